The van der Waals surface area contributed by atoms with Crippen molar-refractivity contribution in [2.45, 2.75) is 0 Å². The summed E-state index contributed by atoms with van der Waals surface area (Å²) in [5.41, 5.74) is 0.0188. The molecule has 1 aromatic heterocycles. The normalized spacial score (nSPS) is 9.14. The molecule has 72 valence electrons. The third kappa shape index (κ3) is 2.02. The maximum Gasteiger partial charge on any atom is 0.276 e. The molecule has 0 aliphatic heterocycles. The number of aromatic nitrogens is 1. The van der Waals surface area contributed by atoms with Crippen molar-refractivity contribution in [3.8, 4) is 18.1 Å². The van der Waals surface area contributed by atoms with Crippen LogP contribution in [0.3, 0.4) is 0 Å². The summed E-state index contributed by atoms with van der Waals surface area (Å²) in [4.78, 5) is 16.6. The molecule has 1 rings (SSSR count). The Morgan fingerprint density at radius 2 is 2.50 bits per heavy atom. The lowest BCUT2D eigenvalue weighted by molar-refractivity contribution is 0.0803. The molecular weight excluding hydrogens is 180 g/mol. The first-order chi connectivity index (χ1) is 6.66. The zero-order valence-electron chi connectivity index (χ0n) is 7.77. The molecule has 0 atom stereocenters. The summed E-state index contributed by atoms with van der Waals surface area (Å²) in [6, 6.07) is 2.96. The van der Waals surface area contributed by atoms with Gasteiger partial charge in [0.1, 0.15) is 5.75 Å². The molecule has 0 aromatic carbocycles. The lowest BCUT2D eigenvalue weighted by Gasteiger charge is -2.13. The number of hydrogen-bond donors (Lipinski definition) is 1. The highest BCUT2D eigenvalue weighted by Crippen LogP contribution is 2.13. The van der Waals surface area contributed by atoms with Crippen molar-refractivity contribution < 1.29 is 9.90 Å². The first kappa shape index (κ1) is 10.1. The van der Waals surface area contributed by atoms with E-state index in [0.717, 1.165) is 0 Å². The Bertz CT molecular complexity index is 382. The Hall–Kier alpha value is -2.02. The summed E-state index contributed by atoms with van der Waals surface area (Å²) in [6.07, 6.45) is 6.50. The fourth-order valence-corrected chi connectivity index (χ4v) is 0.951. The number of nitrogens with zero attached hydrogens (tertiary/aromatic N) is 2. The molecule has 0 saturated carbocycles. The van der Waals surface area contributed by atoms with Crippen molar-refractivity contribution in [2.75, 3.05) is 13.6 Å². The van der Waals surface area contributed by atoms with Crippen LogP contribution >= 0.6 is 0 Å². The van der Waals surface area contributed by atoms with Crippen LogP contribution in [0.15, 0.2) is 18.3 Å². The van der Waals surface area contributed by atoms with Crippen molar-refractivity contribution in [3.63, 3.8) is 0 Å². The van der Waals surface area contributed by atoms with E-state index in [9.17, 15) is 9.90 Å². The maximum atomic E-state index is 11.6. The second kappa shape index (κ2) is 4.28. The van der Waals surface area contributed by atoms with Crippen LogP contribution in [0.25, 0.3) is 0 Å². The first-order valence-corrected chi connectivity index (χ1v) is 3.99. The monoisotopic (exact) mass is 190 g/mol. The fourth-order valence-electron chi connectivity index (χ4n) is 0.951. The molecule has 1 heterocycles. The molecule has 4 heteroatoms. The van der Waals surface area contributed by atoms with Crippen LogP contribution < -0.4 is 0 Å². The lowest BCUT2D eigenvalue weighted by atomic mass is 10.3. The quantitative estimate of drug-likeness (QED) is 0.690. The van der Waals surface area contributed by atoms with Crippen LogP contribution in [0.1, 0.15) is 10.5 Å². The number of carbonyl (C=O) groups excluding carboxylic acids is 1. The van der Waals surface area contributed by atoms with Crippen LogP contribution in [0.2, 0.25) is 0 Å². The second-order valence-corrected chi connectivity index (χ2v) is 2.74. The molecule has 1 aromatic rings. The summed E-state index contributed by atoms with van der Waals surface area (Å²) in [5, 5.41) is 9.34. The van der Waals surface area contributed by atoms with Gasteiger partial charge in [0.15, 0.2) is 5.69 Å². The van der Waals surface area contributed by atoms with E-state index in [2.05, 4.69) is 10.9 Å². The van der Waals surface area contributed by atoms with E-state index in [1.54, 1.807) is 13.1 Å². The third-order valence-electron chi connectivity index (χ3n) is 1.66. The van der Waals surface area contributed by atoms with Crippen LogP contribution in [-0.2, 0) is 0 Å². The minimum absolute atomic E-state index is 0.0188. The molecule has 0 bridgehead atoms. The summed E-state index contributed by atoms with van der Waals surface area (Å²) in [5.74, 6) is 1.81. The largest absolute Gasteiger partial charge is 0.505 e. The van der Waals surface area contributed by atoms with Crippen molar-refractivity contribution in [2.24, 2.45) is 0 Å². The van der Waals surface area contributed by atoms with Gasteiger partial charge in [0.05, 0.1) is 6.54 Å². The highest BCUT2D eigenvalue weighted by atomic mass is 16.3. The molecule has 1 N–H and O–H groups in total. The van der Waals surface area contributed by atoms with Crippen molar-refractivity contribution >= 4 is 5.91 Å². The second-order valence-electron chi connectivity index (χ2n) is 2.74. The van der Waals surface area contributed by atoms with Gasteiger partial charge in [-0.2, -0.15) is 0 Å². The average Bonchev–Trinajstić information content (AvgIpc) is 2.18. The number of aromatic hydroxyl groups is 1. The third-order valence-corrected chi connectivity index (χ3v) is 1.66. The standard InChI is InChI=1S/C10H10N2O2/c1-3-7-12(2)10(14)9-8(13)5-4-6-11-9/h1,4-6,13H,7H2,2H3. The van der Waals surface area contributed by atoms with Gasteiger partial charge in [0.25, 0.3) is 5.91 Å². The first-order valence-electron chi connectivity index (χ1n) is 3.99. The molecule has 0 fully saturated rings. The molecule has 0 saturated heterocycles. The van der Waals surface area contributed by atoms with E-state index in [1.165, 1.54) is 17.2 Å². The van der Waals surface area contributed by atoms with Crippen LogP contribution in [0, 0.1) is 12.3 Å². The summed E-state index contributed by atoms with van der Waals surface area (Å²) in [7, 11) is 1.55. The average molecular weight is 190 g/mol. The molecule has 0 aliphatic carbocycles. The molecule has 14 heavy (non-hydrogen) atoms. The van der Waals surface area contributed by atoms with E-state index in [1.807, 2.05) is 0 Å². The van der Waals surface area contributed by atoms with E-state index < -0.39 is 0 Å². The minimum atomic E-state index is -0.388. The number of terminal acetylenes is 1. The molecular formula is C10H10N2O2. The fraction of sp³-hybridized carbons (Fsp3) is 0.200. The number of pyridine rings is 1. The predicted octanol–water partition coefficient (Wildman–Crippen LogP) is 0.492. The Labute approximate surface area is 82.2 Å². The molecule has 0 radical (unpaired) electrons. The highest BCUT2D eigenvalue weighted by Gasteiger charge is 2.15. The van der Waals surface area contributed by atoms with E-state index in [0.29, 0.717) is 0 Å². The number of hydrogen-bond acceptors (Lipinski definition) is 3. The zero-order valence-corrected chi connectivity index (χ0v) is 7.77. The Morgan fingerprint density at radius 3 is 3.07 bits per heavy atom. The van der Waals surface area contributed by atoms with Crippen molar-refractivity contribution in [1.29, 1.82) is 0 Å². The lowest BCUT2D eigenvalue weighted by Crippen LogP contribution is -2.27. The van der Waals surface area contributed by atoms with Gasteiger partial charge < -0.3 is 10.0 Å². The number of carbonyl (C=O) groups is 1. The SMILES string of the molecule is C#CCN(C)C(=O)c1ncccc1O. The van der Waals surface area contributed by atoms with Crippen molar-refractivity contribution in [1.82, 2.24) is 9.88 Å². The van der Waals surface area contributed by atoms with Crippen molar-refractivity contribution in [3.05, 3.63) is 24.0 Å². The topological polar surface area (TPSA) is 53.4 Å². The molecule has 0 unspecified atom stereocenters. The molecule has 1 amide bonds. The van der Waals surface area contributed by atoms with Gasteiger partial charge in [-0.25, -0.2) is 4.98 Å². The molecule has 0 spiro atoms. The van der Waals surface area contributed by atoms with Gasteiger partial charge in [-0.1, -0.05) is 5.92 Å². The van der Waals surface area contributed by atoms with E-state index in [-0.39, 0.29) is 23.9 Å². The predicted molar refractivity (Wildman–Crippen MR) is 51.7 cm³/mol. The number of amides is 1. The Balaban J connectivity index is 2.91. The minimum Gasteiger partial charge on any atom is -0.505 e. The summed E-state index contributed by atoms with van der Waals surface area (Å²) < 4.78 is 0. The summed E-state index contributed by atoms with van der Waals surface area (Å²) >= 11 is 0. The van der Waals surface area contributed by atoms with E-state index in [4.69, 9.17) is 6.42 Å². The maximum absolute atomic E-state index is 11.6. The van der Waals surface area contributed by atoms with Crippen LogP contribution in [0.5, 0.6) is 5.75 Å². The van der Waals surface area contributed by atoms with Gasteiger partial charge in [-0.05, 0) is 12.1 Å². The van der Waals surface area contributed by atoms with Crippen LogP contribution in [0.4, 0.5) is 0 Å². The zero-order chi connectivity index (χ0) is 10.6. The summed E-state index contributed by atoms with van der Waals surface area (Å²) in [6.45, 7) is 0.189. The number of rotatable bonds is 2. The van der Waals surface area contributed by atoms with Crippen LogP contribution in [-0.4, -0.2) is 34.5 Å². The Kier molecular flexibility index (Phi) is 3.08. The Morgan fingerprint density at radius 1 is 1.79 bits per heavy atom. The molecule has 4 nitrogen and oxygen atoms in total. The van der Waals surface area contributed by atoms with Gasteiger partial charge in [0.2, 0.25) is 0 Å². The van der Waals surface area contributed by atoms with Gasteiger partial charge in [-0.3, -0.25) is 4.79 Å². The smallest absolute Gasteiger partial charge is 0.276 e. The van der Waals surface area contributed by atoms with Gasteiger partial charge in [-0.15, -0.1) is 6.42 Å². The van der Waals surface area contributed by atoms with Gasteiger partial charge in [0, 0.05) is 13.2 Å². The molecule has 0 aliphatic rings. The van der Waals surface area contributed by atoms with Gasteiger partial charge >= 0.3 is 0 Å². The van der Waals surface area contributed by atoms with E-state index >= 15 is 0 Å². The highest BCUT2D eigenvalue weighted by molar-refractivity contribution is 5.94.